The van der Waals surface area contributed by atoms with Gasteiger partial charge in [0.25, 0.3) is 0 Å². The predicted octanol–water partition coefficient (Wildman–Crippen LogP) is 3.34. The molecule has 0 N–H and O–H groups in total. The van der Waals surface area contributed by atoms with Crippen LogP contribution < -0.4 is 0 Å². The smallest absolute Gasteiger partial charge is 0.338 e. The van der Waals surface area contributed by atoms with E-state index in [9.17, 15) is 9.59 Å². The number of carbonyl (C=O) groups excluding carboxylic acids is 2. The second-order valence-electron chi connectivity index (χ2n) is 5.03. The fraction of sp³-hybridized carbons (Fsp3) is 0.222. The van der Waals surface area contributed by atoms with Crippen molar-refractivity contribution >= 4 is 11.9 Å². The third-order valence-electron chi connectivity index (χ3n) is 3.02. The molecule has 114 valence electrons. The Morgan fingerprint density at radius 2 is 1.14 bits per heavy atom. The molecule has 0 saturated carbocycles. The number of benzene rings is 2. The van der Waals surface area contributed by atoms with Gasteiger partial charge < -0.3 is 9.47 Å². The zero-order valence-corrected chi connectivity index (χ0v) is 12.4. The van der Waals surface area contributed by atoms with Gasteiger partial charge in [-0.15, -0.1) is 0 Å². The standard InChI is InChI=1S/C18H18O4/c1-14(12-21-17(19)15-8-4-2-5-9-15)13-22-18(20)16-10-6-3-7-11-16/h2-11,14H,12-13H2,1H3. The van der Waals surface area contributed by atoms with Gasteiger partial charge in [-0.3, -0.25) is 0 Å². The first-order valence-electron chi connectivity index (χ1n) is 7.11. The summed E-state index contributed by atoms with van der Waals surface area (Å²) in [6.45, 7) is 2.27. The number of hydrogen-bond donors (Lipinski definition) is 0. The zero-order valence-electron chi connectivity index (χ0n) is 12.4. The lowest BCUT2D eigenvalue weighted by molar-refractivity contribution is 0.0283. The second kappa shape index (κ2) is 7.98. The Kier molecular flexibility index (Phi) is 5.72. The molecule has 2 aromatic rings. The minimum Gasteiger partial charge on any atom is -0.462 e. The molecule has 0 aromatic heterocycles. The van der Waals surface area contributed by atoms with E-state index in [2.05, 4.69) is 0 Å². The van der Waals surface area contributed by atoms with Gasteiger partial charge in [0.2, 0.25) is 0 Å². The first-order valence-corrected chi connectivity index (χ1v) is 7.11. The third-order valence-corrected chi connectivity index (χ3v) is 3.02. The van der Waals surface area contributed by atoms with Crippen LogP contribution in [0.1, 0.15) is 27.6 Å². The van der Waals surface area contributed by atoms with Gasteiger partial charge in [0.1, 0.15) is 0 Å². The summed E-state index contributed by atoms with van der Waals surface area (Å²) in [4.78, 5) is 23.6. The molecule has 0 amide bonds. The van der Waals surface area contributed by atoms with E-state index >= 15 is 0 Å². The van der Waals surface area contributed by atoms with Gasteiger partial charge in [-0.25, -0.2) is 9.59 Å². The van der Waals surface area contributed by atoms with Crippen LogP contribution in [0, 0.1) is 5.92 Å². The van der Waals surface area contributed by atoms with Crippen molar-refractivity contribution in [2.75, 3.05) is 13.2 Å². The molecule has 0 heterocycles. The van der Waals surface area contributed by atoms with Crippen LogP contribution in [0.15, 0.2) is 60.7 Å². The molecule has 0 fully saturated rings. The molecule has 0 spiro atoms. The maximum absolute atomic E-state index is 11.8. The third kappa shape index (κ3) is 4.74. The number of hydrogen-bond acceptors (Lipinski definition) is 4. The highest BCUT2D eigenvalue weighted by molar-refractivity contribution is 5.89. The summed E-state index contributed by atoms with van der Waals surface area (Å²) in [5.41, 5.74) is 1.02. The molecule has 0 unspecified atom stereocenters. The molecule has 0 saturated heterocycles. The molecule has 2 aromatic carbocycles. The van der Waals surface area contributed by atoms with Gasteiger partial charge >= 0.3 is 11.9 Å². The number of esters is 2. The molecule has 0 atom stereocenters. The van der Waals surface area contributed by atoms with E-state index in [0.29, 0.717) is 11.1 Å². The SMILES string of the molecule is CC(COC(=O)c1ccccc1)COC(=O)c1ccccc1. The molecule has 0 aliphatic rings. The van der Waals surface area contributed by atoms with Crippen molar-refractivity contribution in [3.05, 3.63) is 71.8 Å². The summed E-state index contributed by atoms with van der Waals surface area (Å²) >= 11 is 0. The summed E-state index contributed by atoms with van der Waals surface area (Å²) in [6, 6.07) is 17.6. The quantitative estimate of drug-likeness (QED) is 0.768. The van der Waals surface area contributed by atoms with Gasteiger partial charge in [-0.1, -0.05) is 43.3 Å². The van der Waals surface area contributed by atoms with E-state index in [1.165, 1.54) is 0 Å². The van der Waals surface area contributed by atoms with Crippen LogP contribution in [0.25, 0.3) is 0 Å². The van der Waals surface area contributed by atoms with Crippen molar-refractivity contribution in [3.8, 4) is 0 Å². The maximum atomic E-state index is 11.8. The Morgan fingerprint density at radius 3 is 1.50 bits per heavy atom. The van der Waals surface area contributed by atoms with Crippen molar-refractivity contribution in [2.45, 2.75) is 6.92 Å². The summed E-state index contributed by atoms with van der Waals surface area (Å²) in [6.07, 6.45) is 0. The number of rotatable bonds is 6. The minimum absolute atomic E-state index is 0.0691. The topological polar surface area (TPSA) is 52.6 Å². The Morgan fingerprint density at radius 1 is 0.773 bits per heavy atom. The van der Waals surface area contributed by atoms with Crippen LogP contribution in [-0.4, -0.2) is 25.2 Å². The fourth-order valence-electron chi connectivity index (χ4n) is 1.80. The largest absolute Gasteiger partial charge is 0.462 e. The predicted molar refractivity (Wildman–Crippen MR) is 82.6 cm³/mol. The molecular weight excluding hydrogens is 280 g/mol. The van der Waals surface area contributed by atoms with Crippen LogP contribution >= 0.6 is 0 Å². The average molecular weight is 298 g/mol. The van der Waals surface area contributed by atoms with Gasteiger partial charge in [0.15, 0.2) is 0 Å². The first kappa shape index (κ1) is 15.8. The van der Waals surface area contributed by atoms with Crippen molar-refractivity contribution in [1.29, 1.82) is 0 Å². The van der Waals surface area contributed by atoms with Crippen LogP contribution in [0.2, 0.25) is 0 Å². The number of carbonyl (C=O) groups is 2. The molecule has 0 aliphatic heterocycles. The Balaban J connectivity index is 1.73. The van der Waals surface area contributed by atoms with E-state index in [4.69, 9.17) is 9.47 Å². The van der Waals surface area contributed by atoms with Gasteiger partial charge in [0.05, 0.1) is 24.3 Å². The fourth-order valence-corrected chi connectivity index (χ4v) is 1.80. The van der Waals surface area contributed by atoms with Gasteiger partial charge in [-0.2, -0.15) is 0 Å². The Hall–Kier alpha value is -2.62. The van der Waals surface area contributed by atoms with E-state index in [1.54, 1.807) is 48.5 Å². The summed E-state index contributed by atoms with van der Waals surface area (Å²) in [5, 5.41) is 0. The molecule has 0 radical (unpaired) electrons. The molecule has 4 nitrogen and oxygen atoms in total. The molecule has 0 aliphatic carbocycles. The number of ether oxygens (including phenoxy) is 2. The second-order valence-corrected chi connectivity index (χ2v) is 5.03. The monoisotopic (exact) mass is 298 g/mol. The van der Waals surface area contributed by atoms with E-state index in [-0.39, 0.29) is 31.1 Å². The maximum Gasteiger partial charge on any atom is 0.338 e. The summed E-state index contributed by atoms with van der Waals surface area (Å²) < 4.78 is 10.4. The Bertz CT molecular complexity index is 552. The van der Waals surface area contributed by atoms with E-state index < -0.39 is 0 Å². The van der Waals surface area contributed by atoms with E-state index in [1.807, 2.05) is 19.1 Å². The first-order chi connectivity index (χ1) is 10.7. The van der Waals surface area contributed by atoms with Crippen molar-refractivity contribution < 1.29 is 19.1 Å². The van der Waals surface area contributed by atoms with E-state index in [0.717, 1.165) is 0 Å². The minimum atomic E-state index is -0.373. The Labute approximate surface area is 129 Å². The average Bonchev–Trinajstić information content (AvgIpc) is 2.59. The molecule has 0 bridgehead atoms. The highest BCUT2D eigenvalue weighted by Crippen LogP contribution is 2.06. The van der Waals surface area contributed by atoms with Crippen LogP contribution in [0.5, 0.6) is 0 Å². The van der Waals surface area contributed by atoms with Crippen LogP contribution in [-0.2, 0) is 9.47 Å². The van der Waals surface area contributed by atoms with Crippen molar-refractivity contribution in [3.63, 3.8) is 0 Å². The highest BCUT2D eigenvalue weighted by atomic mass is 16.5. The van der Waals surface area contributed by atoms with Crippen molar-refractivity contribution in [2.24, 2.45) is 5.92 Å². The molecular formula is C18H18O4. The lowest BCUT2D eigenvalue weighted by Gasteiger charge is -2.12. The molecule has 2 rings (SSSR count). The van der Waals surface area contributed by atoms with Gasteiger partial charge in [-0.05, 0) is 24.3 Å². The summed E-state index contributed by atoms with van der Waals surface area (Å²) in [5.74, 6) is -0.816. The molecule has 4 heteroatoms. The van der Waals surface area contributed by atoms with Crippen molar-refractivity contribution in [1.82, 2.24) is 0 Å². The van der Waals surface area contributed by atoms with Crippen LogP contribution in [0.4, 0.5) is 0 Å². The summed E-state index contributed by atoms with van der Waals surface area (Å²) in [7, 11) is 0. The molecule has 22 heavy (non-hydrogen) atoms. The lowest BCUT2D eigenvalue weighted by atomic mass is 10.2. The van der Waals surface area contributed by atoms with Gasteiger partial charge in [0, 0.05) is 5.92 Å². The zero-order chi connectivity index (χ0) is 15.8. The highest BCUT2D eigenvalue weighted by Gasteiger charge is 2.12. The normalized spacial score (nSPS) is 10.3. The van der Waals surface area contributed by atoms with Crippen LogP contribution in [0.3, 0.4) is 0 Å². The lowest BCUT2D eigenvalue weighted by Crippen LogP contribution is -2.18.